The molecule has 0 aromatic heterocycles. The van der Waals surface area contributed by atoms with Gasteiger partial charge in [-0.3, -0.25) is 0 Å². The Kier molecular flexibility index (Phi) is 4.53. The van der Waals surface area contributed by atoms with E-state index in [1.165, 1.54) is 32.1 Å². The second-order valence-corrected chi connectivity index (χ2v) is 8.62. The van der Waals surface area contributed by atoms with Gasteiger partial charge in [0.15, 0.2) is 6.23 Å². The van der Waals surface area contributed by atoms with Crippen molar-refractivity contribution in [3.05, 3.63) is 63.6 Å². The Labute approximate surface area is 169 Å². The van der Waals surface area contributed by atoms with Crippen LogP contribution in [0.2, 0.25) is 10.0 Å². The molecule has 2 heterocycles. The Morgan fingerprint density at radius 3 is 2.44 bits per heavy atom. The van der Waals surface area contributed by atoms with Crippen LogP contribution in [0, 0.1) is 5.92 Å². The van der Waals surface area contributed by atoms with Gasteiger partial charge in [-0.2, -0.15) is 5.10 Å². The second kappa shape index (κ2) is 7.03. The topological polar surface area (TPSA) is 24.8 Å². The molecule has 2 aliphatic heterocycles. The normalized spacial score (nSPS) is 24.8. The molecule has 0 amide bonds. The first kappa shape index (κ1) is 17.4. The lowest BCUT2D eigenvalue weighted by molar-refractivity contribution is -0.0643. The van der Waals surface area contributed by atoms with Crippen LogP contribution in [0.3, 0.4) is 0 Å². The number of benzene rings is 2. The fourth-order valence-electron chi connectivity index (χ4n) is 4.63. The molecule has 0 saturated heterocycles. The average molecular weight is 401 g/mol. The number of hydrogen-bond acceptors (Lipinski definition) is 3. The molecule has 1 aliphatic carbocycles. The minimum Gasteiger partial charge on any atom is -0.468 e. The van der Waals surface area contributed by atoms with Gasteiger partial charge in [-0.25, -0.2) is 5.01 Å². The van der Waals surface area contributed by atoms with Crippen LogP contribution in [0.25, 0.3) is 0 Å². The first-order valence-electron chi connectivity index (χ1n) is 9.77. The van der Waals surface area contributed by atoms with Crippen molar-refractivity contribution in [3.63, 3.8) is 0 Å². The molecule has 1 fully saturated rings. The standard InChI is InChI=1S/C22H22Cl2N2O/c23-16-8-6-14(7-9-16)19-13-20-18-12-17(24)10-11-21(18)27-22(26(20)25-19)15-4-2-1-3-5-15/h6-12,15,20,22H,1-5,13H2/t20-,22-/m0/s1. The van der Waals surface area contributed by atoms with Crippen LogP contribution in [0.1, 0.15) is 55.7 Å². The van der Waals surface area contributed by atoms with E-state index in [9.17, 15) is 0 Å². The molecular formula is C22H22Cl2N2O. The van der Waals surface area contributed by atoms with Crippen molar-refractivity contribution in [3.8, 4) is 5.75 Å². The van der Waals surface area contributed by atoms with Crippen LogP contribution in [-0.4, -0.2) is 16.9 Å². The molecule has 0 radical (unpaired) electrons. The molecule has 3 nitrogen and oxygen atoms in total. The Morgan fingerprint density at radius 1 is 0.926 bits per heavy atom. The number of fused-ring (bicyclic) bond motifs is 3. The summed E-state index contributed by atoms with van der Waals surface area (Å²) in [6, 6.07) is 14.1. The van der Waals surface area contributed by atoms with Gasteiger partial charge in [-0.15, -0.1) is 0 Å². The van der Waals surface area contributed by atoms with Crippen LogP contribution in [-0.2, 0) is 0 Å². The molecular weight excluding hydrogens is 379 g/mol. The van der Waals surface area contributed by atoms with E-state index < -0.39 is 0 Å². The number of ether oxygens (including phenoxy) is 1. The predicted octanol–water partition coefficient (Wildman–Crippen LogP) is 6.44. The van der Waals surface area contributed by atoms with Crippen molar-refractivity contribution in [2.75, 3.05) is 0 Å². The minimum atomic E-state index is 0.00813. The summed E-state index contributed by atoms with van der Waals surface area (Å²) < 4.78 is 6.48. The SMILES string of the molecule is Clc1ccc(C2=NN3[C@@H](C2)c2cc(Cl)ccc2O[C@H]3C2CCCCC2)cc1. The molecule has 3 aliphatic rings. The van der Waals surface area contributed by atoms with Gasteiger partial charge in [0.05, 0.1) is 11.8 Å². The third-order valence-electron chi connectivity index (χ3n) is 6.01. The lowest BCUT2D eigenvalue weighted by Crippen LogP contribution is -2.45. The molecule has 0 unspecified atom stereocenters. The fourth-order valence-corrected chi connectivity index (χ4v) is 4.94. The zero-order valence-corrected chi connectivity index (χ0v) is 16.6. The first-order valence-corrected chi connectivity index (χ1v) is 10.5. The molecule has 2 atom stereocenters. The maximum absolute atomic E-state index is 6.48. The third kappa shape index (κ3) is 3.21. The van der Waals surface area contributed by atoms with Crippen molar-refractivity contribution >= 4 is 28.9 Å². The molecule has 2 aromatic carbocycles. The summed E-state index contributed by atoms with van der Waals surface area (Å²) in [6.45, 7) is 0. The number of hydrogen-bond donors (Lipinski definition) is 0. The molecule has 0 N–H and O–H groups in total. The number of nitrogens with zero attached hydrogens (tertiary/aromatic N) is 2. The van der Waals surface area contributed by atoms with Gasteiger partial charge in [0.25, 0.3) is 0 Å². The summed E-state index contributed by atoms with van der Waals surface area (Å²) in [5.41, 5.74) is 3.36. The van der Waals surface area contributed by atoms with Gasteiger partial charge >= 0.3 is 0 Å². The lowest BCUT2D eigenvalue weighted by atomic mass is 9.86. The van der Waals surface area contributed by atoms with Gasteiger partial charge in [0.2, 0.25) is 0 Å². The summed E-state index contributed by atoms with van der Waals surface area (Å²) in [5, 5.41) is 8.73. The number of halogens is 2. The van der Waals surface area contributed by atoms with Crippen LogP contribution >= 0.6 is 23.2 Å². The van der Waals surface area contributed by atoms with E-state index in [0.29, 0.717) is 5.92 Å². The van der Waals surface area contributed by atoms with Crippen molar-refractivity contribution in [1.82, 2.24) is 5.01 Å². The van der Waals surface area contributed by atoms with Gasteiger partial charge in [-0.1, -0.05) is 54.6 Å². The molecule has 0 bridgehead atoms. The quantitative estimate of drug-likeness (QED) is 0.578. The van der Waals surface area contributed by atoms with E-state index in [1.54, 1.807) is 0 Å². The summed E-state index contributed by atoms with van der Waals surface area (Å²) in [4.78, 5) is 0. The van der Waals surface area contributed by atoms with Gasteiger partial charge in [0, 0.05) is 27.9 Å². The van der Waals surface area contributed by atoms with E-state index in [0.717, 1.165) is 39.1 Å². The fraction of sp³-hybridized carbons (Fsp3) is 0.409. The van der Waals surface area contributed by atoms with Crippen LogP contribution < -0.4 is 4.74 Å². The molecule has 1 saturated carbocycles. The first-order chi connectivity index (χ1) is 13.2. The highest BCUT2D eigenvalue weighted by atomic mass is 35.5. The molecule has 2 aromatic rings. The zero-order chi connectivity index (χ0) is 18.4. The molecule has 5 heteroatoms. The third-order valence-corrected chi connectivity index (χ3v) is 6.50. The zero-order valence-electron chi connectivity index (χ0n) is 15.1. The van der Waals surface area contributed by atoms with Crippen molar-refractivity contribution in [2.45, 2.75) is 50.8 Å². The monoisotopic (exact) mass is 400 g/mol. The molecule has 140 valence electrons. The Hall–Kier alpha value is -1.71. The molecule has 5 rings (SSSR count). The predicted molar refractivity (Wildman–Crippen MR) is 110 cm³/mol. The summed E-state index contributed by atoms with van der Waals surface area (Å²) >= 11 is 12.4. The van der Waals surface area contributed by atoms with Crippen LogP contribution in [0.15, 0.2) is 47.6 Å². The molecule has 0 spiro atoms. The largest absolute Gasteiger partial charge is 0.468 e. The second-order valence-electron chi connectivity index (χ2n) is 7.74. The summed E-state index contributed by atoms with van der Waals surface area (Å²) in [5.74, 6) is 1.49. The van der Waals surface area contributed by atoms with Crippen molar-refractivity contribution in [1.29, 1.82) is 0 Å². The maximum atomic E-state index is 6.48. The highest BCUT2D eigenvalue weighted by Crippen LogP contribution is 2.47. The number of rotatable bonds is 2. The van der Waals surface area contributed by atoms with E-state index in [1.807, 2.05) is 30.3 Å². The summed E-state index contributed by atoms with van der Waals surface area (Å²) in [7, 11) is 0. The van der Waals surface area contributed by atoms with Crippen molar-refractivity contribution < 1.29 is 4.74 Å². The Morgan fingerprint density at radius 2 is 1.67 bits per heavy atom. The van der Waals surface area contributed by atoms with E-state index in [-0.39, 0.29) is 12.3 Å². The Bertz CT molecular complexity index is 874. The lowest BCUT2D eigenvalue weighted by Gasteiger charge is -2.42. The highest BCUT2D eigenvalue weighted by molar-refractivity contribution is 6.31. The van der Waals surface area contributed by atoms with Gasteiger partial charge < -0.3 is 4.74 Å². The average Bonchev–Trinajstić information content (AvgIpc) is 3.14. The van der Waals surface area contributed by atoms with E-state index >= 15 is 0 Å². The van der Waals surface area contributed by atoms with E-state index in [4.69, 9.17) is 33.0 Å². The minimum absolute atomic E-state index is 0.00813. The van der Waals surface area contributed by atoms with Crippen LogP contribution in [0.5, 0.6) is 5.75 Å². The summed E-state index contributed by atoms with van der Waals surface area (Å²) in [6.07, 6.45) is 7.19. The molecule has 27 heavy (non-hydrogen) atoms. The van der Waals surface area contributed by atoms with Crippen molar-refractivity contribution in [2.24, 2.45) is 11.0 Å². The Balaban J connectivity index is 1.53. The highest BCUT2D eigenvalue weighted by Gasteiger charge is 2.43. The maximum Gasteiger partial charge on any atom is 0.190 e. The van der Waals surface area contributed by atoms with Gasteiger partial charge in [-0.05, 0) is 48.7 Å². The smallest absolute Gasteiger partial charge is 0.190 e. The van der Waals surface area contributed by atoms with Gasteiger partial charge in [0.1, 0.15) is 5.75 Å². The van der Waals surface area contributed by atoms with E-state index in [2.05, 4.69) is 17.1 Å². The van der Waals surface area contributed by atoms with Crippen LogP contribution in [0.4, 0.5) is 0 Å². The number of hydrazone groups is 1.